The molecule has 2 heterocycles. The van der Waals surface area contributed by atoms with E-state index in [1.807, 2.05) is 4.90 Å². The van der Waals surface area contributed by atoms with E-state index in [1.54, 1.807) is 4.90 Å². The highest BCUT2D eigenvalue weighted by atomic mass is 35.5. The first kappa shape index (κ1) is 20.8. The second kappa shape index (κ2) is 8.00. The lowest BCUT2D eigenvalue weighted by molar-refractivity contribution is -0.129. The van der Waals surface area contributed by atoms with Gasteiger partial charge in [0.05, 0.1) is 21.8 Å². The highest BCUT2D eigenvalue weighted by Gasteiger charge is 2.27. The van der Waals surface area contributed by atoms with Gasteiger partial charge in [0, 0.05) is 50.2 Å². The van der Waals surface area contributed by atoms with E-state index in [4.69, 9.17) is 11.6 Å². The summed E-state index contributed by atoms with van der Waals surface area (Å²) in [6, 6.07) is 7.15. The van der Waals surface area contributed by atoms with Crippen molar-refractivity contribution < 1.29 is 18.7 Å². The number of hydrogen-bond donors (Lipinski definition) is 1. The number of aromatic nitrogens is 1. The van der Waals surface area contributed by atoms with Crippen molar-refractivity contribution in [1.82, 2.24) is 9.88 Å². The zero-order valence-electron chi connectivity index (χ0n) is 16.5. The first-order valence-electron chi connectivity index (χ1n) is 9.52. The van der Waals surface area contributed by atoms with E-state index >= 15 is 4.39 Å². The summed E-state index contributed by atoms with van der Waals surface area (Å²) >= 11 is 6.36. The zero-order chi connectivity index (χ0) is 22.3. The van der Waals surface area contributed by atoms with Crippen molar-refractivity contribution in [2.75, 3.05) is 31.1 Å². The molecule has 6 nitrogen and oxygen atoms in total. The number of amides is 1. The number of anilines is 1. The minimum atomic E-state index is -0.893. The van der Waals surface area contributed by atoms with Gasteiger partial charge in [-0.15, -0.1) is 0 Å². The van der Waals surface area contributed by atoms with Crippen molar-refractivity contribution in [1.29, 1.82) is 5.26 Å². The van der Waals surface area contributed by atoms with Gasteiger partial charge in [-0.2, -0.15) is 5.26 Å². The average molecular weight is 443 g/mol. The number of fused-ring (bicyclic) bond motifs is 1. The normalized spacial score (nSPS) is 14.0. The Hall–Kier alpha value is -3.44. The predicted octanol–water partition coefficient (Wildman–Crippen LogP) is 4.08. The molecular formula is C22H17ClF2N4O2. The maximum absolute atomic E-state index is 15.5. The molecule has 1 amide bonds. The Kier molecular flexibility index (Phi) is 5.38. The Morgan fingerprint density at radius 3 is 2.55 bits per heavy atom. The van der Waals surface area contributed by atoms with Crippen LogP contribution in [0.3, 0.4) is 0 Å². The van der Waals surface area contributed by atoms with Crippen molar-refractivity contribution in [3.8, 4) is 22.9 Å². The van der Waals surface area contributed by atoms with E-state index < -0.39 is 17.4 Å². The van der Waals surface area contributed by atoms with Crippen LogP contribution in [0.25, 0.3) is 22.0 Å². The molecule has 1 saturated heterocycles. The summed E-state index contributed by atoms with van der Waals surface area (Å²) in [5.41, 5.74) is -0.0457. The number of hydrogen-bond acceptors (Lipinski definition) is 5. The van der Waals surface area contributed by atoms with E-state index in [-0.39, 0.29) is 33.1 Å². The van der Waals surface area contributed by atoms with Gasteiger partial charge < -0.3 is 14.9 Å². The number of phenols is 1. The molecule has 2 aromatic carbocycles. The molecule has 1 N–H and O–H groups in total. The molecule has 0 spiro atoms. The molecule has 1 aliphatic heterocycles. The van der Waals surface area contributed by atoms with Crippen LogP contribution < -0.4 is 4.90 Å². The fraction of sp³-hybridized carbons (Fsp3) is 0.227. The SMILES string of the molecule is CC(=O)N1CCN(c2c(C#N)cnc3c(F)c(-c4c(O)cccc4F)c(Cl)cc23)CC1. The third-order valence-corrected chi connectivity index (χ3v) is 5.73. The third kappa shape index (κ3) is 3.51. The number of aromatic hydroxyl groups is 1. The topological polar surface area (TPSA) is 80.5 Å². The van der Waals surface area contributed by atoms with Crippen LogP contribution in [0.2, 0.25) is 5.02 Å². The third-order valence-electron chi connectivity index (χ3n) is 5.43. The molecule has 4 rings (SSSR count). The molecular weight excluding hydrogens is 426 g/mol. The predicted molar refractivity (Wildman–Crippen MR) is 113 cm³/mol. The number of halogens is 3. The molecule has 0 saturated carbocycles. The summed E-state index contributed by atoms with van der Waals surface area (Å²) in [7, 11) is 0. The summed E-state index contributed by atoms with van der Waals surface area (Å²) in [5.74, 6) is -2.21. The summed E-state index contributed by atoms with van der Waals surface area (Å²) in [6.45, 7) is 3.31. The Morgan fingerprint density at radius 2 is 1.94 bits per heavy atom. The lowest BCUT2D eigenvalue weighted by Crippen LogP contribution is -2.48. The van der Waals surface area contributed by atoms with Crippen molar-refractivity contribution in [3.63, 3.8) is 0 Å². The van der Waals surface area contributed by atoms with Gasteiger partial charge in [-0.3, -0.25) is 9.78 Å². The fourth-order valence-electron chi connectivity index (χ4n) is 3.91. The van der Waals surface area contributed by atoms with Gasteiger partial charge in [0.2, 0.25) is 5.91 Å². The number of nitriles is 1. The Morgan fingerprint density at radius 1 is 1.23 bits per heavy atom. The van der Waals surface area contributed by atoms with Crippen molar-refractivity contribution in [2.45, 2.75) is 6.92 Å². The number of nitrogens with zero attached hydrogens (tertiary/aromatic N) is 4. The largest absolute Gasteiger partial charge is 0.507 e. The maximum atomic E-state index is 15.5. The molecule has 3 aromatic rings. The molecule has 0 bridgehead atoms. The number of carbonyl (C=O) groups excluding carboxylic acids is 1. The first-order chi connectivity index (χ1) is 14.8. The Balaban J connectivity index is 1.91. The van der Waals surface area contributed by atoms with Gasteiger partial charge in [-0.25, -0.2) is 8.78 Å². The minimum absolute atomic E-state index is 0.0387. The molecule has 9 heteroatoms. The van der Waals surface area contributed by atoms with Crippen molar-refractivity contribution in [3.05, 3.63) is 52.7 Å². The smallest absolute Gasteiger partial charge is 0.219 e. The molecule has 1 aliphatic rings. The van der Waals surface area contributed by atoms with E-state index in [9.17, 15) is 19.6 Å². The number of benzene rings is 2. The van der Waals surface area contributed by atoms with Crippen LogP contribution in [0.5, 0.6) is 5.75 Å². The van der Waals surface area contributed by atoms with Gasteiger partial charge in [0.1, 0.15) is 23.2 Å². The van der Waals surface area contributed by atoms with Crippen molar-refractivity contribution >= 4 is 34.1 Å². The lowest BCUT2D eigenvalue weighted by atomic mass is 9.99. The number of phenolic OH excluding ortho intramolecular Hbond substituents is 1. The van der Waals surface area contributed by atoms with Gasteiger partial charge in [0.25, 0.3) is 0 Å². The molecule has 31 heavy (non-hydrogen) atoms. The van der Waals surface area contributed by atoms with Crippen LogP contribution in [0.1, 0.15) is 12.5 Å². The molecule has 1 aromatic heterocycles. The Labute approximate surface area is 181 Å². The highest BCUT2D eigenvalue weighted by molar-refractivity contribution is 6.34. The number of piperazine rings is 1. The van der Waals surface area contributed by atoms with Crippen LogP contribution in [0, 0.1) is 23.0 Å². The molecule has 0 radical (unpaired) electrons. The van der Waals surface area contributed by atoms with Crippen LogP contribution in [-0.2, 0) is 4.79 Å². The number of rotatable bonds is 2. The summed E-state index contributed by atoms with van der Waals surface area (Å²) in [6.07, 6.45) is 1.26. The zero-order valence-corrected chi connectivity index (χ0v) is 17.2. The van der Waals surface area contributed by atoms with E-state index in [0.29, 0.717) is 37.3 Å². The van der Waals surface area contributed by atoms with Gasteiger partial charge >= 0.3 is 0 Å². The summed E-state index contributed by atoms with van der Waals surface area (Å²) < 4.78 is 29.9. The van der Waals surface area contributed by atoms with Crippen LogP contribution in [0.15, 0.2) is 30.5 Å². The molecule has 1 fully saturated rings. The highest BCUT2D eigenvalue weighted by Crippen LogP contribution is 2.43. The number of carbonyl (C=O) groups is 1. The second-order valence-electron chi connectivity index (χ2n) is 7.20. The summed E-state index contributed by atoms with van der Waals surface area (Å²) in [4.78, 5) is 19.3. The molecule has 0 unspecified atom stereocenters. The fourth-order valence-corrected chi connectivity index (χ4v) is 4.19. The standard InChI is InChI=1S/C22H17ClF2N4O2/c1-12(30)28-5-7-29(8-6-28)22-13(10-26)11-27-21-14(22)9-15(23)18(20(21)25)19-16(24)3-2-4-17(19)31/h2-4,9,11,31H,5-8H2,1H3. The first-order valence-corrected chi connectivity index (χ1v) is 9.90. The average Bonchev–Trinajstić information content (AvgIpc) is 2.75. The van der Waals surface area contributed by atoms with Gasteiger partial charge in [-0.05, 0) is 18.2 Å². The van der Waals surface area contributed by atoms with Gasteiger partial charge in [-0.1, -0.05) is 17.7 Å². The second-order valence-corrected chi connectivity index (χ2v) is 7.61. The minimum Gasteiger partial charge on any atom is -0.507 e. The van der Waals surface area contributed by atoms with Gasteiger partial charge in [0.15, 0.2) is 5.82 Å². The van der Waals surface area contributed by atoms with Crippen LogP contribution >= 0.6 is 11.6 Å². The summed E-state index contributed by atoms with van der Waals surface area (Å²) in [5, 5.41) is 19.9. The monoisotopic (exact) mass is 442 g/mol. The lowest BCUT2D eigenvalue weighted by Gasteiger charge is -2.36. The van der Waals surface area contributed by atoms with Crippen molar-refractivity contribution in [2.24, 2.45) is 0 Å². The molecule has 158 valence electrons. The van der Waals surface area contributed by atoms with E-state index in [2.05, 4.69) is 11.1 Å². The van der Waals surface area contributed by atoms with Crippen LogP contribution in [-0.4, -0.2) is 47.1 Å². The number of pyridine rings is 1. The molecule has 0 aliphatic carbocycles. The van der Waals surface area contributed by atoms with E-state index in [0.717, 1.165) is 6.07 Å². The maximum Gasteiger partial charge on any atom is 0.219 e. The quantitative estimate of drug-likeness (QED) is 0.646. The van der Waals surface area contributed by atoms with E-state index in [1.165, 1.54) is 31.3 Å². The van der Waals surface area contributed by atoms with Crippen LogP contribution in [0.4, 0.5) is 14.5 Å². The Bertz CT molecular complexity index is 1230. The molecule has 0 atom stereocenters.